The summed E-state index contributed by atoms with van der Waals surface area (Å²) in [7, 11) is -3.94. The second-order valence-electron chi connectivity index (χ2n) is 7.73. The Morgan fingerprint density at radius 1 is 0.742 bits per heavy atom. The molecule has 0 saturated heterocycles. The SMILES string of the molecule is O=P(O)(O)CCCCn1c2ccc(-c3ccsc3)cc2c2cc(-c3ccsc3)ccc21. The lowest BCUT2D eigenvalue weighted by atomic mass is 10.0. The molecule has 2 aromatic carbocycles. The second-order valence-corrected chi connectivity index (χ2v) is 11.1. The van der Waals surface area contributed by atoms with Gasteiger partial charge in [-0.25, -0.2) is 0 Å². The summed E-state index contributed by atoms with van der Waals surface area (Å²) in [5.41, 5.74) is 7.18. The molecule has 5 rings (SSSR count). The molecule has 0 unspecified atom stereocenters. The van der Waals surface area contributed by atoms with Crippen molar-refractivity contribution in [1.82, 2.24) is 4.57 Å². The molecule has 2 N–H and O–H groups in total. The first-order valence-corrected chi connectivity index (χ1v) is 13.8. The molecule has 4 nitrogen and oxygen atoms in total. The Kier molecular flexibility index (Phi) is 5.59. The second kappa shape index (κ2) is 8.38. The van der Waals surface area contributed by atoms with E-state index in [0.29, 0.717) is 6.42 Å². The molecular weight excluding hydrogens is 445 g/mol. The van der Waals surface area contributed by atoms with E-state index < -0.39 is 7.60 Å². The zero-order valence-electron chi connectivity index (χ0n) is 16.8. The van der Waals surface area contributed by atoms with Crippen molar-refractivity contribution in [2.24, 2.45) is 0 Å². The number of hydrogen-bond donors (Lipinski definition) is 2. The maximum atomic E-state index is 11.2. The van der Waals surface area contributed by atoms with Crippen LogP contribution in [0, 0.1) is 0 Å². The number of thiophene rings is 2. The van der Waals surface area contributed by atoms with E-state index in [-0.39, 0.29) is 6.16 Å². The maximum Gasteiger partial charge on any atom is 0.325 e. The summed E-state index contributed by atoms with van der Waals surface area (Å²) in [6, 6.07) is 17.5. The fourth-order valence-electron chi connectivity index (χ4n) is 4.15. The van der Waals surface area contributed by atoms with E-state index in [1.807, 2.05) is 0 Å². The smallest absolute Gasteiger partial charge is 0.325 e. The van der Waals surface area contributed by atoms with Crippen molar-refractivity contribution in [3.8, 4) is 22.3 Å². The molecule has 158 valence electrons. The topological polar surface area (TPSA) is 62.5 Å². The van der Waals surface area contributed by atoms with E-state index in [0.717, 1.165) is 24.0 Å². The molecule has 31 heavy (non-hydrogen) atoms. The summed E-state index contributed by atoms with van der Waals surface area (Å²) in [6.07, 6.45) is 1.17. The summed E-state index contributed by atoms with van der Waals surface area (Å²) >= 11 is 3.39. The molecule has 0 aliphatic rings. The van der Waals surface area contributed by atoms with Gasteiger partial charge in [0.1, 0.15) is 0 Å². The fraction of sp³-hybridized carbons (Fsp3) is 0.167. The Hall–Kier alpha value is -2.21. The van der Waals surface area contributed by atoms with Crippen LogP contribution >= 0.6 is 30.3 Å². The van der Waals surface area contributed by atoms with Crippen molar-refractivity contribution < 1.29 is 14.4 Å². The number of fused-ring (bicyclic) bond motifs is 3. The first-order chi connectivity index (χ1) is 15.0. The zero-order valence-corrected chi connectivity index (χ0v) is 19.3. The van der Waals surface area contributed by atoms with Gasteiger partial charge in [-0.3, -0.25) is 4.57 Å². The molecule has 3 heterocycles. The number of nitrogens with zero attached hydrogens (tertiary/aromatic N) is 1. The fourth-order valence-corrected chi connectivity index (χ4v) is 6.11. The van der Waals surface area contributed by atoms with E-state index in [4.69, 9.17) is 9.79 Å². The van der Waals surface area contributed by atoms with Crippen LogP contribution in [-0.4, -0.2) is 20.5 Å². The monoisotopic (exact) mass is 467 g/mol. The quantitative estimate of drug-likeness (QED) is 0.196. The minimum absolute atomic E-state index is 0.0608. The van der Waals surface area contributed by atoms with Gasteiger partial charge in [0.25, 0.3) is 0 Å². The predicted molar refractivity (Wildman–Crippen MR) is 132 cm³/mol. The number of aryl methyl sites for hydroxylation is 1. The van der Waals surface area contributed by atoms with Crippen LogP contribution < -0.4 is 0 Å². The van der Waals surface area contributed by atoms with Gasteiger partial charge in [-0.1, -0.05) is 12.1 Å². The number of unbranched alkanes of at least 4 members (excludes halogenated alkanes) is 1. The Morgan fingerprint density at radius 3 is 1.74 bits per heavy atom. The van der Waals surface area contributed by atoms with Gasteiger partial charge in [0.15, 0.2) is 0 Å². The van der Waals surface area contributed by atoms with Gasteiger partial charge >= 0.3 is 7.60 Å². The highest BCUT2D eigenvalue weighted by Crippen LogP contribution is 2.37. The first kappa shape index (κ1) is 20.7. The number of aromatic nitrogens is 1. The zero-order chi connectivity index (χ0) is 21.4. The lowest BCUT2D eigenvalue weighted by molar-refractivity contribution is 0.370. The molecule has 0 spiro atoms. The third-order valence-electron chi connectivity index (χ3n) is 5.66. The molecular formula is C24H22NO3PS2. The van der Waals surface area contributed by atoms with Gasteiger partial charge in [0.05, 0.1) is 0 Å². The van der Waals surface area contributed by atoms with Crippen molar-refractivity contribution in [2.75, 3.05) is 6.16 Å². The highest BCUT2D eigenvalue weighted by molar-refractivity contribution is 7.51. The minimum Gasteiger partial charge on any atom is -0.340 e. The molecule has 0 radical (unpaired) electrons. The first-order valence-electron chi connectivity index (χ1n) is 10.2. The summed E-state index contributed by atoms with van der Waals surface area (Å²) in [6.45, 7) is 0.732. The number of benzene rings is 2. The average Bonchev–Trinajstić information content (AvgIpc) is 3.51. The van der Waals surface area contributed by atoms with Crippen molar-refractivity contribution in [1.29, 1.82) is 0 Å². The number of hydrogen-bond acceptors (Lipinski definition) is 3. The molecule has 0 fully saturated rings. The molecule has 0 saturated carbocycles. The van der Waals surface area contributed by atoms with Gasteiger partial charge in [0.2, 0.25) is 0 Å². The Labute approximate surface area is 188 Å². The van der Waals surface area contributed by atoms with E-state index in [2.05, 4.69) is 74.6 Å². The maximum absolute atomic E-state index is 11.2. The van der Waals surface area contributed by atoms with Crippen molar-refractivity contribution in [2.45, 2.75) is 19.4 Å². The molecule has 5 aromatic rings. The third kappa shape index (κ3) is 4.27. The van der Waals surface area contributed by atoms with Crippen molar-refractivity contribution >= 4 is 52.1 Å². The minimum atomic E-state index is -3.94. The van der Waals surface area contributed by atoms with Crippen molar-refractivity contribution in [3.63, 3.8) is 0 Å². The Bertz CT molecular complexity index is 1290. The van der Waals surface area contributed by atoms with Gasteiger partial charge in [-0.05, 0) is 93.0 Å². The van der Waals surface area contributed by atoms with E-state index in [1.165, 1.54) is 33.0 Å². The lowest BCUT2D eigenvalue weighted by Gasteiger charge is -2.09. The van der Waals surface area contributed by atoms with Crippen LogP contribution in [0.25, 0.3) is 44.1 Å². The van der Waals surface area contributed by atoms with E-state index in [9.17, 15) is 4.57 Å². The highest BCUT2D eigenvalue weighted by atomic mass is 32.1. The standard InChI is InChI=1S/C24H22NO3PS2/c26-29(27,28)10-2-1-9-25-23-5-3-17(19-7-11-30-15-19)13-21(23)22-14-18(4-6-24(22)25)20-8-12-31-16-20/h3-8,11-16H,1-2,9-10H2,(H2,26,27,28). The van der Waals surface area contributed by atoms with Crippen LogP contribution in [-0.2, 0) is 11.1 Å². The van der Waals surface area contributed by atoms with Gasteiger partial charge in [-0.15, -0.1) is 0 Å². The normalized spacial score (nSPS) is 12.2. The summed E-state index contributed by atoms with van der Waals surface area (Å²) in [5, 5.41) is 11.0. The van der Waals surface area contributed by atoms with E-state index in [1.54, 1.807) is 22.7 Å². The molecule has 0 aliphatic carbocycles. The van der Waals surface area contributed by atoms with Crippen LogP contribution in [0.1, 0.15) is 12.8 Å². The third-order valence-corrected chi connectivity index (χ3v) is 7.92. The molecule has 0 aliphatic heterocycles. The molecule has 7 heteroatoms. The van der Waals surface area contributed by atoms with Crippen LogP contribution in [0.5, 0.6) is 0 Å². The van der Waals surface area contributed by atoms with Gasteiger partial charge < -0.3 is 14.4 Å². The summed E-state index contributed by atoms with van der Waals surface area (Å²) < 4.78 is 13.5. The lowest BCUT2D eigenvalue weighted by Crippen LogP contribution is -1.99. The largest absolute Gasteiger partial charge is 0.340 e. The van der Waals surface area contributed by atoms with Crippen LogP contribution in [0.3, 0.4) is 0 Å². The highest BCUT2D eigenvalue weighted by Gasteiger charge is 2.15. The van der Waals surface area contributed by atoms with Gasteiger partial charge in [-0.2, -0.15) is 22.7 Å². The molecule has 3 aromatic heterocycles. The predicted octanol–water partition coefficient (Wildman–Crippen LogP) is 7.21. The van der Waals surface area contributed by atoms with Gasteiger partial charge in [0, 0.05) is 34.5 Å². The molecule has 0 atom stereocenters. The van der Waals surface area contributed by atoms with Crippen LogP contribution in [0.2, 0.25) is 0 Å². The van der Waals surface area contributed by atoms with Crippen LogP contribution in [0.15, 0.2) is 70.1 Å². The summed E-state index contributed by atoms with van der Waals surface area (Å²) in [4.78, 5) is 18.3. The Morgan fingerprint density at radius 2 is 1.29 bits per heavy atom. The summed E-state index contributed by atoms with van der Waals surface area (Å²) in [5.74, 6) is 0. The number of rotatable bonds is 7. The average molecular weight is 468 g/mol. The van der Waals surface area contributed by atoms with Crippen LogP contribution in [0.4, 0.5) is 0 Å². The van der Waals surface area contributed by atoms with E-state index >= 15 is 0 Å². The molecule has 0 bridgehead atoms. The Balaban J connectivity index is 1.61. The van der Waals surface area contributed by atoms with Crippen molar-refractivity contribution in [3.05, 3.63) is 70.1 Å². The molecule has 0 amide bonds.